The van der Waals surface area contributed by atoms with Gasteiger partial charge < -0.3 is 10.2 Å². The summed E-state index contributed by atoms with van der Waals surface area (Å²) in [7, 11) is 0. The maximum Gasteiger partial charge on any atom is 0.253 e. The monoisotopic (exact) mass is 300 g/mol. The Labute approximate surface area is 128 Å². The number of hydrogen-bond acceptors (Lipinski definition) is 3. The fourth-order valence-electron chi connectivity index (χ4n) is 3.77. The first kappa shape index (κ1) is 13.3. The highest BCUT2D eigenvalue weighted by atomic mass is 32.1. The molecular formula is C17H20N2OS. The Morgan fingerprint density at radius 1 is 1.19 bits per heavy atom. The van der Waals surface area contributed by atoms with E-state index in [0.29, 0.717) is 0 Å². The minimum atomic E-state index is 0.0430. The molecule has 0 saturated carbocycles. The number of hydrogen-bond donors (Lipinski definition) is 1. The van der Waals surface area contributed by atoms with Crippen LogP contribution >= 0.6 is 11.3 Å². The van der Waals surface area contributed by atoms with Crippen molar-refractivity contribution in [3.05, 3.63) is 34.7 Å². The van der Waals surface area contributed by atoms with Crippen molar-refractivity contribution in [1.29, 1.82) is 0 Å². The lowest BCUT2D eigenvalue weighted by molar-refractivity contribution is 0.0516. The molecule has 1 amide bonds. The zero-order chi connectivity index (χ0) is 14.4. The van der Waals surface area contributed by atoms with Gasteiger partial charge >= 0.3 is 0 Å². The van der Waals surface area contributed by atoms with Crippen LogP contribution in [-0.2, 0) is 0 Å². The number of piperidine rings is 3. The van der Waals surface area contributed by atoms with Crippen molar-refractivity contribution >= 4 is 27.3 Å². The summed E-state index contributed by atoms with van der Waals surface area (Å²) in [4.78, 5) is 16.5. The molecule has 1 aromatic carbocycles. The minimum Gasteiger partial charge on any atom is -0.346 e. The first-order valence-corrected chi connectivity index (χ1v) is 8.52. The number of carbonyl (C=O) groups excluding carboxylic acids is 1. The van der Waals surface area contributed by atoms with E-state index in [2.05, 4.69) is 29.3 Å². The number of nitrogens with zero attached hydrogens (tertiary/aromatic N) is 1. The van der Waals surface area contributed by atoms with E-state index in [1.165, 1.54) is 4.70 Å². The van der Waals surface area contributed by atoms with E-state index < -0.39 is 0 Å². The third-order valence-electron chi connectivity index (χ3n) is 5.10. The Morgan fingerprint density at radius 2 is 1.86 bits per heavy atom. The van der Waals surface area contributed by atoms with Crippen LogP contribution in [0, 0.1) is 6.92 Å². The molecule has 0 radical (unpaired) electrons. The smallest absolute Gasteiger partial charge is 0.253 e. The van der Waals surface area contributed by atoms with Gasteiger partial charge in [0.25, 0.3) is 5.91 Å². The van der Waals surface area contributed by atoms with Gasteiger partial charge in [0.05, 0.1) is 5.56 Å². The van der Waals surface area contributed by atoms with Gasteiger partial charge in [0, 0.05) is 40.1 Å². The van der Waals surface area contributed by atoms with Gasteiger partial charge in [0.1, 0.15) is 0 Å². The molecule has 3 nitrogen and oxygen atoms in total. The SMILES string of the molecule is Cc1sc2ccccc2c1C(=O)NC12CCN(CC1)CC2. The molecule has 3 saturated heterocycles. The molecule has 1 aromatic heterocycles. The normalized spacial score (nSPS) is 28.0. The minimum absolute atomic E-state index is 0.0430. The maximum atomic E-state index is 12.9. The van der Waals surface area contributed by atoms with Crippen LogP contribution in [0.15, 0.2) is 24.3 Å². The Balaban J connectivity index is 1.66. The molecule has 4 heteroatoms. The topological polar surface area (TPSA) is 32.3 Å². The van der Waals surface area contributed by atoms with E-state index >= 15 is 0 Å². The number of amides is 1. The van der Waals surface area contributed by atoms with Crippen molar-refractivity contribution < 1.29 is 4.79 Å². The summed E-state index contributed by atoms with van der Waals surface area (Å²) in [6.07, 6.45) is 3.29. The van der Waals surface area contributed by atoms with Gasteiger partial charge in [-0.1, -0.05) is 18.2 Å². The Hall–Kier alpha value is -1.39. The van der Waals surface area contributed by atoms with Crippen LogP contribution in [0.3, 0.4) is 0 Å². The molecule has 2 aromatic rings. The van der Waals surface area contributed by atoms with Crippen LogP contribution in [0.4, 0.5) is 0 Å². The van der Waals surface area contributed by atoms with Gasteiger partial charge in [-0.15, -0.1) is 11.3 Å². The van der Waals surface area contributed by atoms with Crippen LogP contribution < -0.4 is 5.32 Å². The molecule has 0 atom stereocenters. The Morgan fingerprint density at radius 3 is 2.57 bits per heavy atom. The van der Waals surface area contributed by atoms with Crippen molar-refractivity contribution in [2.75, 3.05) is 19.6 Å². The molecule has 3 fully saturated rings. The predicted molar refractivity (Wildman–Crippen MR) is 87.1 cm³/mol. The third-order valence-corrected chi connectivity index (χ3v) is 6.18. The van der Waals surface area contributed by atoms with Gasteiger partial charge in [-0.2, -0.15) is 0 Å². The number of benzene rings is 1. The molecule has 2 bridgehead atoms. The van der Waals surface area contributed by atoms with Crippen molar-refractivity contribution in [3.63, 3.8) is 0 Å². The van der Waals surface area contributed by atoms with Gasteiger partial charge in [0.15, 0.2) is 0 Å². The lowest BCUT2D eigenvalue weighted by atomic mass is 9.80. The molecule has 4 heterocycles. The van der Waals surface area contributed by atoms with E-state index in [1.807, 2.05) is 12.1 Å². The van der Waals surface area contributed by atoms with Crippen LogP contribution in [0.25, 0.3) is 10.1 Å². The predicted octanol–water partition coefficient (Wildman–Crippen LogP) is 3.18. The lowest BCUT2D eigenvalue weighted by Crippen LogP contribution is -2.61. The second kappa shape index (κ2) is 4.82. The first-order chi connectivity index (χ1) is 10.2. The molecule has 5 rings (SSSR count). The zero-order valence-corrected chi connectivity index (χ0v) is 13.1. The van der Waals surface area contributed by atoms with Crippen molar-refractivity contribution in [1.82, 2.24) is 10.2 Å². The largest absolute Gasteiger partial charge is 0.346 e. The summed E-state index contributed by atoms with van der Waals surface area (Å²) in [5.74, 6) is 0.125. The highest BCUT2D eigenvalue weighted by molar-refractivity contribution is 7.19. The lowest BCUT2D eigenvalue weighted by Gasteiger charge is -2.48. The number of rotatable bonds is 2. The van der Waals surface area contributed by atoms with E-state index in [-0.39, 0.29) is 11.4 Å². The molecule has 0 spiro atoms. The third kappa shape index (κ3) is 2.17. The fraction of sp³-hybridized carbons (Fsp3) is 0.471. The van der Waals surface area contributed by atoms with E-state index in [9.17, 15) is 4.79 Å². The van der Waals surface area contributed by atoms with Gasteiger partial charge in [-0.3, -0.25) is 4.79 Å². The van der Waals surface area contributed by atoms with Crippen LogP contribution in [0.1, 0.15) is 34.5 Å². The van der Waals surface area contributed by atoms with E-state index in [0.717, 1.165) is 54.7 Å². The Bertz CT molecular complexity index is 684. The second-order valence-corrected chi connectivity index (χ2v) is 7.61. The maximum absolute atomic E-state index is 12.9. The molecule has 1 N–H and O–H groups in total. The summed E-state index contributed by atoms with van der Waals surface area (Å²) >= 11 is 1.72. The zero-order valence-electron chi connectivity index (χ0n) is 12.3. The van der Waals surface area contributed by atoms with Crippen molar-refractivity contribution in [2.45, 2.75) is 31.7 Å². The number of aryl methyl sites for hydroxylation is 1. The first-order valence-electron chi connectivity index (χ1n) is 7.70. The van der Waals surface area contributed by atoms with Gasteiger partial charge in [-0.25, -0.2) is 0 Å². The Kier molecular flexibility index (Phi) is 3.05. The molecule has 0 aliphatic carbocycles. The summed E-state index contributed by atoms with van der Waals surface area (Å²) in [6, 6.07) is 8.22. The van der Waals surface area contributed by atoms with Crippen molar-refractivity contribution in [3.8, 4) is 0 Å². The average Bonchev–Trinajstić information content (AvgIpc) is 2.84. The number of carbonyl (C=O) groups is 1. The summed E-state index contributed by atoms with van der Waals surface area (Å²) < 4.78 is 1.20. The van der Waals surface area contributed by atoms with Gasteiger partial charge in [-0.05, 0) is 32.3 Å². The molecule has 110 valence electrons. The molecular weight excluding hydrogens is 280 g/mol. The molecule has 3 aliphatic rings. The fourth-order valence-corrected chi connectivity index (χ4v) is 4.83. The highest BCUT2D eigenvalue weighted by Crippen LogP contribution is 2.34. The number of fused-ring (bicyclic) bond motifs is 4. The molecule has 3 aliphatic heterocycles. The van der Waals surface area contributed by atoms with Crippen LogP contribution in [0.2, 0.25) is 0 Å². The van der Waals surface area contributed by atoms with E-state index in [1.54, 1.807) is 11.3 Å². The second-order valence-electron chi connectivity index (χ2n) is 6.36. The number of nitrogens with one attached hydrogen (secondary N) is 1. The van der Waals surface area contributed by atoms with Crippen molar-refractivity contribution in [2.24, 2.45) is 0 Å². The van der Waals surface area contributed by atoms with Crippen LogP contribution in [-0.4, -0.2) is 36.0 Å². The van der Waals surface area contributed by atoms with Crippen LogP contribution in [0.5, 0.6) is 0 Å². The highest BCUT2D eigenvalue weighted by Gasteiger charge is 2.40. The summed E-state index contributed by atoms with van der Waals surface area (Å²) in [5, 5.41) is 4.50. The molecule has 0 unspecified atom stereocenters. The number of thiophene rings is 1. The summed E-state index contributed by atoms with van der Waals surface area (Å²) in [5.41, 5.74) is 0.930. The summed E-state index contributed by atoms with van der Waals surface area (Å²) in [6.45, 7) is 5.44. The standard InChI is InChI=1S/C17H20N2OS/c1-12-15(13-4-2-3-5-14(13)21-12)16(20)18-17-6-9-19(10-7-17)11-8-17/h2-5H,6-11H2,1H3,(H,18,20). The van der Waals surface area contributed by atoms with Gasteiger partial charge in [0.2, 0.25) is 0 Å². The average molecular weight is 300 g/mol. The quantitative estimate of drug-likeness (QED) is 0.924. The van der Waals surface area contributed by atoms with E-state index in [4.69, 9.17) is 0 Å². The molecule has 21 heavy (non-hydrogen) atoms.